The number of nitrogens with two attached hydrogens (primary N) is 1. The second-order valence-electron chi connectivity index (χ2n) is 1.81. The van der Waals surface area contributed by atoms with Crippen molar-refractivity contribution in [2.24, 2.45) is 5.73 Å². The van der Waals surface area contributed by atoms with E-state index in [1.54, 1.807) is 0 Å². The van der Waals surface area contributed by atoms with E-state index in [4.69, 9.17) is 5.73 Å². The number of hydrogen-bond acceptors (Lipinski definition) is 2. The number of rotatable bonds is 4. The highest BCUT2D eigenvalue weighted by Crippen LogP contribution is 1.94. The van der Waals surface area contributed by atoms with Gasteiger partial charge >= 0.3 is 0 Å². The van der Waals surface area contributed by atoms with E-state index in [-0.39, 0.29) is 0 Å². The Bertz CT molecular complexity index is 39.8. The third-order valence-electron chi connectivity index (χ3n) is 0.923. The first-order chi connectivity index (χ1) is 3.81. The molecular formula is C6H15N2. The zero-order valence-electron chi connectivity index (χ0n) is 5.70. The lowest BCUT2D eigenvalue weighted by atomic mass is 10.3. The molecule has 0 saturated carbocycles. The van der Waals surface area contributed by atoms with Gasteiger partial charge in [0.2, 0.25) is 0 Å². The van der Waals surface area contributed by atoms with E-state index in [9.17, 15) is 0 Å². The molecule has 0 unspecified atom stereocenters. The van der Waals surface area contributed by atoms with Crippen LogP contribution in [0.25, 0.3) is 0 Å². The van der Waals surface area contributed by atoms with Crippen LogP contribution in [0.5, 0.6) is 0 Å². The minimum absolute atomic E-state index is 0.912. The summed E-state index contributed by atoms with van der Waals surface area (Å²) in [6, 6.07) is 0. The third kappa shape index (κ3) is 4.09. The van der Waals surface area contributed by atoms with Crippen LogP contribution in [-0.2, 0) is 0 Å². The maximum Gasteiger partial charge on any atom is 0.0983 e. The van der Waals surface area contributed by atoms with Crippen molar-refractivity contribution in [1.29, 1.82) is 0 Å². The monoisotopic (exact) mass is 115 g/mol. The molecule has 3 N–H and O–H groups in total. The van der Waals surface area contributed by atoms with Crippen LogP contribution in [0, 0.1) is 6.17 Å². The number of nitrogens with one attached hydrogen (secondary N) is 1. The molecule has 8 heavy (non-hydrogen) atoms. The zero-order valence-corrected chi connectivity index (χ0v) is 5.70. The van der Waals surface area contributed by atoms with Crippen molar-refractivity contribution in [3.05, 3.63) is 6.17 Å². The molecule has 2 heteroatoms. The van der Waals surface area contributed by atoms with Crippen LogP contribution in [0.4, 0.5) is 0 Å². The Kier molecular flexibility index (Phi) is 5.01. The van der Waals surface area contributed by atoms with Gasteiger partial charge in [-0.3, -0.25) is 5.32 Å². The predicted octanol–water partition coefficient (Wildman–Crippen LogP) is 0.844. The highest BCUT2D eigenvalue weighted by molar-refractivity contribution is 4.75. The Hall–Kier alpha value is -0.0800. The molecule has 0 atom stereocenters. The lowest BCUT2D eigenvalue weighted by Crippen LogP contribution is -2.27. The van der Waals surface area contributed by atoms with E-state index in [1.807, 2.05) is 6.92 Å². The largest absolute Gasteiger partial charge is 0.311 e. The third-order valence-corrected chi connectivity index (χ3v) is 0.923. The molecule has 49 valence electrons. The number of hydrogen-bond donors (Lipinski definition) is 2. The van der Waals surface area contributed by atoms with Crippen molar-refractivity contribution >= 4 is 0 Å². The summed E-state index contributed by atoms with van der Waals surface area (Å²) in [5.41, 5.74) is 5.50. The summed E-state index contributed by atoms with van der Waals surface area (Å²) >= 11 is 0. The van der Waals surface area contributed by atoms with Crippen LogP contribution in [0.1, 0.15) is 26.7 Å². The van der Waals surface area contributed by atoms with E-state index in [0.29, 0.717) is 0 Å². The average Bonchev–Trinajstić information content (AvgIpc) is 1.68. The summed E-state index contributed by atoms with van der Waals surface area (Å²) in [5.74, 6) is 0. The van der Waals surface area contributed by atoms with E-state index in [0.717, 1.165) is 25.6 Å². The Morgan fingerprint density at radius 2 is 2.12 bits per heavy atom. The summed E-state index contributed by atoms with van der Waals surface area (Å²) in [7, 11) is 0. The normalized spacial score (nSPS) is 10.5. The van der Waals surface area contributed by atoms with Gasteiger partial charge in [0.25, 0.3) is 0 Å². The fourth-order valence-corrected chi connectivity index (χ4v) is 0.585. The van der Waals surface area contributed by atoms with Gasteiger partial charge in [-0.25, -0.2) is 0 Å². The fraction of sp³-hybridized carbons (Fsp3) is 0.833. The standard InChI is InChI=1S/C6H15N2/c1-3-5-6(7)8-4-2/h8H,3-5,7H2,1-2H3. The summed E-state index contributed by atoms with van der Waals surface area (Å²) in [6.45, 7) is 5.10. The SMILES string of the molecule is CCC[C](N)NCC. The average molecular weight is 115 g/mol. The van der Waals surface area contributed by atoms with Gasteiger partial charge in [-0.15, -0.1) is 0 Å². The smallest absolute Gasteiger partial charge is 0.0983 e. The topological polar surface area (TPSA) is 38.0 Å². The van der Waals surface area contributed by atoms with Crippen molar-refractivity contribution in [1.82, 2.24) is 5.32 Å². The van der Waals surface area contributed by atoms with Gasteiger partial charge in [-0.05, 0) is 13.0 Å². The Balaban J connectivity index is 2.92. The fourth-order valence-electron chi connectivity index (χ4n) is 0.585. The predicted molar refractivity (Wildman–Crippen MR) is 36.0 cm³/mol. The van der Waals surface area contributed by atoms with Crippen molar-refractivity contribution in [3.63, 3.8) is 0 Å². The molecule has 0 aliphatic heterocycles. The van der Waals surface area contributed by atoms with Crippen LogP contribution in [0.2, 0.25) is 0 Å². The van der Waals surface area contributed by atoms with Gasteiger partial charge in [0.1, 0.15) is 0 Å². The molecule has 0 aliphatic rings. The quantitative estimate of drug-likeness (QED) is 0.570. The van der Waals surface area contributed by atoms with Gasteiger partial charge in [-0.1, -0.05) is 20.3 Å². The highest BCUT2D eigenvalue weighted by atomic mass is 15.0. The molecular weight excluding hydrogens is 100 g/mol. The first kappa shape index (κ1) is 7.92. The lowest BCUT2D eigenvalue weighted by molar-refractivity contribution is 0.635. The minimum atomic E-state index is 0.912. The van der Waals surface area contributed by atoms with Crippen molar-refractivity contribution in [3.8, 4) is 0 Å². The van der Waals surface area contributed by atoms with Crippen LogP contribution in [0.3, 0.4) is 0 Å². The highest BCUT2D eigenvalue weighted by Gasteiger charge is 1.95. The van der Waals surface area contributed by atoms with Gasteiger partial charge in [0.05, 0.1) is 6.17 Å². The molecule has 0 amide bonds. The molecule has 0 aromatic carbocycles. The van der Waals surface area contributed by atoms with Gasteiger partial charge < -0.3 is 5.73 Å². The molecule has 0 heterocycles. The van der Waals surface area contributed by atoms with Crippen molar-refractivity contribution in [2.75, 3.05) is 6.54 Å². The molecule has 0 spiro atoms. The second kappa shape index (κ2) is 5.06. The van der Waals surface area contributed by atoms with Crippen molar-refractivity contribution < 1.29 is 0 Å². The van der Waals surface area contributed by atoms with Crippen LogP contribution in [0.15, 0.2) is 0 Å². The molecule has 0 bridgehead atoms. The van der Waals surface area contributed by atoms with E-state index in [1.165, 1.54) is 0 Å². The van der Waals surface area contributed by atoms with Gasteiger partial charge in [-0.2, -0.15) is 0 Å². The first-order valence-electron chi connectivity index (χ1n) is 3.16. The van der Waals surface area contributed by atoms with E-state index in [2.05, 4.69) is 12.2 Å². The van der Waals surface area contributed by atoms with Crippen LogP contribution in [-0.4, -0.2) is 6.54 Å². The summed E-state index contributed by atoms with van der Waals surface area (Å²) in [4.78, 5) is 0. The molecule has 0 saturated heterocycles. The summed E-state index contributed by atoms with van der Waals surface area (Å²) < 4.78 is 0. The molecule has 0 rings (SSSR count). The Morgan fingerprint density at radius 3 is 2.50 bits per heavy atom. The summed E-state index contributed by atoms with van der Waals surface area (Å²) in [5, 5.41) is 3.04. The maximum absolute atomic E-state index is 5.50. The van der Waals surface area contributed by atoms with Gasteiger partial charge in [0, 0.05) is 0 Å². The maximum atomic E-state index is 5.50. The molecule has 0 fully saturated rings. The first-order valence-corrected chi connectivity index (χ1v) is 3.16. The minimum Gasteiger partial charge on any atom is -0.311 e. The summed E-state index contributed by atoms with van der Waals surface area (Å²) in [6.07, 6.45) is 3.03. The molecule has 2 nitrogen and oxygen atoms in total. The van der Waals surface area contributed by atoms with Crippen molar-refractivity contribution in [2.45, 2.75) is 26.7 Å². The Morgan fingerprint density at radius 1 is 1.50 bits per heavy atom. The molecule has 1 radical (unpaired) electrons. The molecule has 0 aromatic heterocycles. The van der Waals surface area contributed by atoms with E-state index >= 15 is 0 Å². The lowest BCUT2D eigenvalue weighted by Gasteiger charge is -2.07. The second-order valence-corrected chi connectivity index (χ2v) is 1.81. The molecule has 0 aliphatic carbocycles. The zero-order chi connectivity index (χ0) is 6.41. The Labute approximate surface area is 51.5 Å². The molecule has 0 aromatic rings. The van der Waals surface area contributed by atoms with Gasteiger partial charge in [0.15, 0.2) is 0 Å². The van der Waals surface area contributed by atoms with E-state index < -0.39 is 0 Å². The van der Waals surface area contributed by atoms with Crippen LogP contribution < -0.4 is 11.1 Å². The van der Waals surface area contributed by atoms with Crippen LogP contribution >= 0.6 is 0 Å².